The molecule has 2 aliphatic rings. The van der Waals surface area contributed by atoms with E-state index in [1.807, 2.05) is 6.07 Å². The van der Waals surface area contributed by atoms with Gasteiger partial charge in [-0.2, -0.15) is 0 Å². The van der Waals surface area contributed by atoms with Crippen molar-refractivity contribution in [2.75, 3.05) is 13.7 Å². The molecule has 2 atom stereocenters. The molecule has 2 heterocycles. The van der Waals surface area contributed by atoms with Crippen molar-refractivity contribution < 1.29 is 14.6 Å². The molecule has 0 unspecified atom stereocenters. The Labute approximate surface area is 169 Å². The molecule has 0 bridgehead atoms. The highest BCUT2D eigenvalue weighted by Crippen LogP contribution is 2.33. The van der Waals surface area contributed by atoms with Crippen LogP contribution in [0.15, 0.2) is 29.1 Å². The van der Waals surface area contributed by atoms with Gasteiger partial charge in [-0.25, -0.2) is 0 Å². The lowest BCUT2D eigenvalue weighted by Gasteiger charge is -2.41. The lowest BCUT2D eigenvalue weighted by molar-refractivity contribution is -0.0120. The second-order valence-electron chi connectivity index (χ2n) is 8.11. The van der Waals surface area contributed by atoms with Gasteiger partial charge >= 0.3 is 0 Å². The van der Waals surface area contributed by atoms with Crippen LogP contribution in [-0.4, -0.2) is 41.3 Å². The number of nitrogens with two attached hydrogens (primary N) is 1. The molecule has 29 heavy (non-hydrogen) atoms. The molecular formula is C22H27N3O4. The van der Waals surface area contributed by atoms with Crippen LogP contribution in [0.1, 0.15) is 45.6 Å². The summed E-state index contributed by atoms with van der Waals surface area (Å²) in [5.41, 5.74) is 7.86. The van der Waals surface area contributed by atoms with Crippen LogP contribution in [0.25, 0.3) is 0 Å². The first-order valence-electron chi connectivity index (χ1n) is 10.1. The Morgan fingerprint density at radius 1 is 1.24 bits per heavy atom. The second-order valence-corrected chi connectivity index (χ2v) is 8.11. The van der Waals surface area contributed by atoms with Gasteiger partial charge in [0.05, 0.1) is 12.7 Å². The maximum absolute atomic E-state index is 12.0. The lowest BCUT2D eigenvalue weighted by Crippen LogP contribution is -2.56. The number of rotatable bonds is 3. The van der Waals surface area contributed by atoms with Crippen molar-refractivity contribution in [3.05, 3.63) is 62.6 Å². The molecule has 5 N–H and O–H groups in total. The van der Waals surface area contributed by atoms with E-state index < -0.39 is 17.1 Å². The van der Waals surface area contributed by atoms with Crippen LogP contribution in [0.5, 0.6) is 5.75 Å². The van der Waals surface area contributed by atoms with Gasteiger partial charge in [-0.1, -0.05) is 6.07 Å². The summed E-state index contributed by atoms with van der Waals surface area (Å²) in [5.74, 6) is 0.0946. The number of aryl methyl sites for hydroxylation is 2. The predicted octanol–water partition coefficient (Wildman–Crippen LogP) is 0.849. The number of methoxy groups -OCH3 is 1. The van der Waals surface area contributed by atoms with E-state index in [-0.39, 0.29) is 11.6 Å². The van der Waals surface area contributed by atoms with Crippen molar-refractivity contribution >= 4 is 5.91 Å². The van der Waals surface area contributed by atoms with E-state index >= 15 is 0 Å². The SMILES string of the molecule is COc1ccc2c(c1)CCCN[C@@H]([C@@]1(O)CCc3[nH]c(=O)c(C(N)=O)cc3C1)C2. The summed E-state index contributed by atoms with van der Waals surface area (Å²) < 4.78 is 5.36. The molecule has 7 heteroatoms. The van der Waals surface area contributed by atoms with E-state index in [9.17, 15) is 14.7 Å². The average molecular weight is 397 g/mol. The Kier molecular flexibility index (Phi) is 5.19. The normalized spacial score (nSPS) is 24.0. The van der Waals surface area contributed by atoms with Gasteiger partial charge in [-0.05, 0) is 73.5 Å². The molecule has 0 spiro atoms. The zero-order valence-electron chi connectivity index (χ0n) is 16.6. The number of carbonyl (C=O) groups excluding carboxylic acids is 1. The molecule has 0 saturated heterocycles. The standard InChI is InChI=1S/C22H27N3O4/c1-29-16-5-4-14-11-19(24-8-2-3-13(14)9-16)22(28)7-6-18-15(12-22)10-17(20(23)26)21(27)25-18/h4-5,9-10,19,24,28H,2-3,6-8,11-12H2,1H3,(H2,23,26)(H,25,27)/t19-,22-/m1/s1. The quantitative estimate of drug-likeness (QED) is 0.613. The van der Waals surface area contributed by atoms with E-state index in [0.29, 0.717) is 25.7 Å². The van der Waals surface area contributed by atoms with Gasteiger partial charge < -0.3 is 25.9 Å². The topological polar surface area (TPSA) is 117 Å². The first kappa shape index (κ1) is 19.7. The molecule has 4 rings (SSSR count). The summed E-state index contributed by atoms with van der Waals surface area (Å²) in [6.45, 7) is 0.814. The molecule has 7 nitrogen and oxygen atoms in total. The number of H-pyrrole nitrogens is 1. The molecule has 2 aromatic rings. The third kappa shape index (κ3) is 3.80. The van der Waals surface area contributed by atoms with Crippen LogP contribution in [0.2, 0.25) is 0 Å². The van der Waals surface area contributed by atoms with Crippen LogP contribution in [0.3, 0.4) is 0 Å². The Morgan fingerprint density at radius 3 is 2.83 bits per heavy atom. The number of fused-ring (bicyclic) bond motifs is 2. The first-order chi connectivity index (χ1) is 13.9. The molecule has 0 radical (unpaired) electrons. The van der Waals surface area contributed by atoms with Crippen LogP contribution >= 0.6 is 0 Å². The number of hydrogen-bond donors (Lipinski definition) is 4. The summed E-state index contributed by atoms with van der Waals surface area (Å²) >= 11 is 0. The average Bonchev–Trinajstić information content (AvgIpc) is 2.68. The number of aromatic amines is 1. The Morgan fingerprint density at radius 2 is 2.07 bits per heavy atom. The lowest BCUT2D eigenvalue weighted by atomic mass is 9.75. The van der Waals surface area contributed by atoms with E-state index in [1.54, 1.807) is 13.2 Å². The van der Waals surface area contributed by atoms with Gasteiger partial charge in [-0.3, -0.25) is 9.59 Å². The minimum absolute atomic E-state index is 0.0592. The van der Waals surface area contributed by atoms with Crippen molar-refractivity contribution in [2.45, 2.75) is 50.2 Å². The third-order valence-corrected chi connectivity index (χ3v) is 6.28. The summed E-state index contributed by atoms with van der Waals surface area (Å²) in [7, 11) is 1.67. The number of aliphatic hydroxyl groups is 1. The number of aromatic nitrogens is 1. The molecule has 1 aromatic heterocycles. The number of nitrogens with one attached hydrogen (secondary N) is 2. The van der Waals surface area contributed by atoms with Gasteiger partial charge in [0, 0.05) is 18.2 Å². The monoisotopic (exact) mass is 397 g/mol. The van der Waals surface area contributed by atoms with E-state index in [1.165, 1.54) is 11.1 Å². The number of pyridine rings is 1. The largest absolute Gasteiger partial charge is 0.497 e. The summed E-state index contributed by atoms with van der Waals surface area (Å²) in [6, 6.07) is 7.54. The Hall–Kier alpha value is -2.64. The molecule has 1 aliphatic carbocycles. The number of amides is 1. The highest BCUT2D eigenvalue weighted by molar-refractivity contribution is 5.92. The van der Waals surface area contributed by atoms with Crippen LogP contribution in [0, 0.1) is 0 Å². The number of carbonyl (C=O) groups is 1. The van der Waals surface area contributed by atoms with Crippen molar-refractivity contribution in [1.29, 1.82) is 0 Å². The van der Waals surface area contributed by atoms with Gasteiger partial charge in [0.1, 0.15) is 11.3 Å². The van der Waals surface area contributed by atoms with Crippen LogP contribution in [-0.2, 0) is 25.7 Å². The van der Waals surface area contributed by atoms with E-state index in [2.05, 4.69) is 22.4 Å². The molecule has 1 aromatic carbocycles. The molecule has 0 saturated carbocycles. The van der Waals surface area contributed by atoms with Crippen molar-refractivity contribution in [2.24, 2.45) is 5.73 Å². The zero-order valence-corrected chi connectivity index (χ0v) is 16.6. The van der Waals surface area contributed by atoms with Crippen molar-refractivity contribution in [3.8, 4) is 5.75 Å². The Balaban J connectivity index is 1.64. The van der Waals surface area contributed by atoms with E-state index in [4.69, 9.17) is 10.5 Å². The zero-order chi connectivity index (χ0) is 20.6. The third-order valence-electron chi connectivity index (χ3n) is 6.28. The summed E-state index contributed by atoms with van der Waals surface area (Å²) in [4.78, 5) is 26.4. The number of hydrogen-bond acceptors (Lipinski definition) is 5. The predicted molar refractivity (Wildman–Crippen MR) is 109 cm³/mol. The minimum Gasteiger partial charge on any atom is -0.497 e. The fourth-order valence-electron chi connectivity index (χ4n) is 4.62. The van der Waals surface area contributed by atoms with Crippen LogP contribution < -0.4 is 21.3 Å². The molecule has 0 fully saturated rings. The van der Waals surface area contributed by atoms with Gasteiger partial charge in [0.25, 0.3) is 11.5 Å². The van der Waals surface area contributed by atoms with Crippen molar-refractivity contribution in [1.82, 2.24) is 10.3 Å². The van der Waals surface area contributed by atoms with Crippen LogP contribution in [0.4, 0.5) is 0 Å². The molecule has 1 amide bonds. The molecular weight excluding hydrogens is 370 g/mol. The first-order valence-corrected chi connectivity index (χ1v) is 10.1. The summed E-state index contributed by atoms with van der Waals surface area (Å²) in [6.07, 6.45) is 4.10. The second kappa shape index (κ2) is 7.65. The van der Waals surface area contributed by atoms with Gasteiger partial charge in [0.2, 0.25) is 0 Å². The maximum atomic E-state index is 12.0. The van der Waals surface area contributed by atoms with E-state index in [0.717, 1.165) is 36.4 Å². The summed E-state index contributed by atoms with van der Waals surface area (Å²) in [5, 5.41) is 15.1. The highest BCUT2D eigenvalue weighted by atomic mass is 16.5. The molecule has 1 aliphatic heterocycles. The fraction of sp³-hybridized carbons (Fsp3) is 0.455. The van der Waals surface area contributed by atoms with Gasteiger partial charge in [0.15, 0.2) is 0 Å². The van der Waals surface area contributed by atoms with Gasteiger partial charge in [-0.15, -0.1) is 0 Å². The highest BCUT2D eigenvalue weighted by Gasteiger charge is 2.40. The minimum atomic E-state index is -0.977. The smallest absolute Gasteiger partial charge is 0.261 e. The Bertz CT molecular complexity index is 1000. The van der Waals surface area contributed by atoms with Crippen molar-refractivity contribution in [3.63, 3.8) is 0 Å². The maximum Gasteiger partial charge on any atom is 0.261 e. The number of primary amides is 1. The molecule has 154 valence electrons. The number of benzene rings is 1. The number of ether oxygens (including phenoxy) is 1. The fourth-order valence-corrected chi connectivity index (χ4v) is 4.62.